The summed E-state index contributed by atoms with van der Waals surface area (Å²) >= 11 is 0. The van der Waals surface area contributed by atoms with Gasteiger partial charge >= 0.3 is 0 Å². The first-order valence-electron chi connectivity index (χ1n) is 9.49. The minimum absolute atomic E-state index is 0.162. The van der Waals surface area contributed by atoms with Crippen LogP contribution in [0.3, 0.4) is 0 Å². The quantitative estimate of drug-likeness (QED) is 0.525. The molecule has 1 unspecified atom stereocenters. The zero-order valence-electron chi connectivity index (χ0n) is 15.0. The lowest BCUT2D eigenvalue weighted by Crippen LogP contribution is -2.50. The van der Waals surface area contributed by atoms with Crippen molar-refractivity contribution in [2.75, 3.05) is 31.9 Å². The zero-order chi connectivity index (χ0) is 18.6. The fourth-order valence-corrected chi connectivity index (χ4v) is 4.88. The van der Waals surface area contributed by atoms with Crippen molar-refractivity contribution in [3.05, 3.63) is 12.7 Å². The molecule has 0 saturated carbocycles. The summed E-state index contributed by atoms with van der Waals surface area (Å²) in [5.74, 6) is 0.274. The van der Waals surface area contributed by atoms with Gasteiger partial charge in [-0.15, -0.1) is 0 Å². The van der Waals surface area contributed by atoms with Gasteiger partial charge in [0.05, 0.1) is 6.33 Å². The van der Waals surface area contributed by atoms with Crippen LogP contribution in [0.1, 0.15) is 25.5 Å². The van der Waals surface area contributed by atoms with Crippen LogP contribution in [0.25, 0.3) is 11.2 Å². The number of nitrogens with one attached hydrogen (secondary N) is 1. The van der Waals surface area contributed by atoms with E-state index in [2.05, 4.69) is 25.2 Å². The van der Waals surface area contributed by atoms with Gasteiger partial charge in [0.1, 0.15) is 30.2 Å². The third-order valence-electron chi connectivity index (χ3n) is 6.36. The van der Waals surface area contributed by atoms with Crippen LogP contribution < -0.4 is 11.1 Å². The number of nitrogens with zero attached hydrogens (tertiary/aromatic N) is 5. The predicted molar refractivity (Wildman–Crippen MR) is 96.7 cm³/mol. The highest BCUT2D eigenvalue weighted by molar-refractivity contribution is 5.81. The molecule has 0 amide bonds. The van der Waals surface area contributed by atoms with Crippen molar-refractivity contribution in [3.8, 4) is 0 Å². The number of fused-ring (bicyclic) bond motifs is 1. The smallest absolute Gasteiger partial charge is 0.167 e. The summed E-state index contributed by atoms with van der Waals surface area (Å²) in [4.78, 5) is 14.8. The molecule has 27 heavy (non-hydrogen) atoms. The molecule has 0 radical (unpaired) electrons. The largest absolute Gasteiger partial charge is 0.387 e. The molecule has 5 atom stereocenters. The number of nitrogens with two attached hydrogens (primary N) is 1. The highest BCUT2D eigenvalue weighted by Crippen LogP contribution is 2.38. The normalized spacial score (nSPS) is 37.1. The van der Waals surface area contributed by atoms with Gasteiger partial charge < -0.3 is 26.0 Å². The van der Waals surface area contributed by atoms with E-state index in [1.54, 1.807) is 4.57 Å². The molecule has 0 aliphatic carbocycles. The Morgan fingerprint density at radius 2 is 2.15 bits per heavy atom. The molecular weight excluding hydrogens is 350 g/mol. The molecule has 2 aromatic heterocycles. The first kappa shape index (κ1) is 17.3. The molecule has 5 rings (SSSR count). The van der Waals surface area contributed by atoms with E-state index in [1.807, 2.05) is 0 Å². The van der Waals surface area contributed by atoms with Crippen LogP contribution in [-0.2, 0) is 4.74 Å². The molecule has 0 bridgehead atoms. The monoisotopic (exact) mass is 375 g/mol. The number of anilines is 1. The summed E-state index contributed by atoms with van der Waals surface area (Å²) in [6.45, 7) is 3.59. The molecule has 10 nitrogen and oxygen atoms in total. The van der Waals surface area contributed by atoms with Gasteiger partial charge in [0, 0.05) is 18.6 Å². The molecule has 5 heterocycles. The fraction of sp³-hybridized carbons (Fsp3) is 0.706. The molecule has 3 saturated heterocycles. The Kier molecular flexibility index (Phi) is 4.06. The van der Waals surface area contributed by atoms with Crippen LogP contribution in [0.5, 0.6) is 0 Å². The zero-order valence-corrected chi connectivity index (χ0v) is 15.0. The number of likely N-dealkylation sites (tertiary alicyclic amines) is 1. The van der Waals surface area contributed by atoms with Crippen LogP contribution in [0, 0.1) is 0 Å². The van der Waals surface area contributed by atoms with Gasteiger partial charge in [-0.2, -0.15) is 0 Å². The number of rotatable bonds is 3. The standard InChI is InChI=1S/C17H25N7O3/c18-14-11-15(21-8-20-14)24(9-22-11)16-13(26)12(25)10(27-16)6-23-5-1-2-17(23)3-4-19-7-17/h8-10,12-13,16,19,25-26H,1-7H2,(H2,18,20,21)/t10-,12-,13-,16-,17?/m1/s1. The Hall–Kier alpha value is -1.85. The predicted octanol–water partition coefficient (Wildman–Crippen LogP) is -1.14. The lowest BCUT2D eigenvalue weighted by Gasteiger charge is -2.36. The van der Waals surface area contributed by atoms with E-state index in [4.69, 9.17) is 10.5 Å². The van der Waals surface area contributed by atoms with Crippen LogP contribution >= 0.6 is 0 Å². The molecule has 5 N–H and O–H groups in total. The van der Waals surface area contributed by atoms with E-state index in [-0.39, 0.29) is 11.4 Å². The Morgan fingerprint density at radius 3 is 2.96 bits per heavy atom. The van der Waals surface area contributed by atoms with Gasteiger partial charge in [0.15, 0.2) is 17.7 Å². The van der Waals surface area contributed by atoms with Gasteiger partial charge in [-0.25, -0.2) is 15.0 Å². The second kappa shape index (κ2) is 6.35. The summed E-state index contributed by atoms with van der Waals surface area (Å²) in [6, 6.07) is 0. The molecular formula is C17H25N7O3. The third-order valence-corrected chi connectivity index (χ3v) is 6.36. The topological polar surface area (TPSA) is 135 Å². The van der Waals surface area contributed by atoms with E-state index in [0.29, 0.717) is 17.7 Å². The lowest BCUT2D eigenvalue weighted by molar-refractivity contribution is -0.0505. The summed E-state index contributed by atoms with van der Waals surface area (Å²) in [5.41, 5.74) is 6.95. The summed E-state index contributed by atoms with van der Waals surface area (Å²) in [7, 11) is 0. The molecule has 2 aromatic rings. The third kappa shape index (κ3) is 2.63. The number of aliphatic hydroxyl groups is 2. The number of aromatic nitrogens is 4. The summed E-state index contributed by atoms with van der Waals surface area (Å²) < 4.78 is 7.73. The minimum atomic E-state index is -1.07. The molecule has 0 aromatic carbocycles. The van der Waals surface area contributed by atoms with Gasteiger partial charge in [0.25, 0.3) is 0 Å². The second-order valence-corrected chi connectivity index (χ2v) is 7.83. The lowest BCUT2D eigenvalue weighted by atomic mass is 9.94. The fourth-order valence-electron chi connectivity index (χ4n) is 4.88. The van der Waals surface area contributed by atoms with Crippen LogP contribution in [0.15, 0.2) is 12.7 Å². The maximum Gasteiger partial charge on any atom is 0.167 e. The maximum absolute atomic E-state index is 10.6. The van der Waals surface area contributed by atoms with Gasteiger partial charge in [-0.05, 0) is 32.4 Å². The van der Waals surface area contributed by atoms with Gasteiger partial charge in [0.2, 0.25) is 0 Å². The first-order chi connectivity index (χ1) is 13.1. The van der Waals surface area contributed by atoms with Crippen molar-refractivity contribution in [1.29, 1.82) is 0 Å². The number of hydrogen-bond donors (Lipinski definition) is 4. The average molecular weight is 375 g/mol. The average Bonchev–Trinajstić information content (AvgIpc) is 3.43. The number of ether oxygens (including phenoxy) is 1. The molecule has 10 heteroatoms. The van der Waals surface area contributed by atoms with Crippen molar-refractivity contribution >= 4 is 17.0 Å². The summed E-state index contributed by atoms with van der Waals surface area (Å²) in [6.07, 6.45) is 3.03. The van der Waals surface area contributed by atoms with Crippen molar-refractivity contribution in [1.82, 2.24) is 29.7 Å². The number of aliphatic hydroxyl groups excluding tert-OH is 2. The van der Waals surface area contributed by atoms with E-state index in [0.717, 1.165) is 38.9 Å². The second-order valence-electron chi connectivity index (χ2n) is 7.83. The van der Waals surface area contributed by atoms with Crippen molar-refractivity contribution in [2.45, 2.75) is 49.3 Å². The molecule has 146 valence electrons. The van der Waals surface area contributed by atoms with E-state index >= 15 is 0 Å². The number of imidazole rings is 1. The van der Waals surface area contributed by atoms with Gasteiger partial charge in [-0.3, -0.25) is 9.47 Å². The SMILES string of the molecule is Nc1ncnc2c1ncn2[C@@H]1O[C@H](CN2CCCC23CCNC3)[C@@H](O)[C@H]1O. The molecule has 3 aliphatic rings. The van der Waals surface area contributed by atoms with Crippen molar-refractivity contribution < 1.29 is 14.9 Å². The highest BCUT2D eigenvalue weighted by Gasteiger charge is 2.49. The molecule has 3 aliphatic heterocycles. The van der Waals surface area contributed by atoms with Crippen LogP contribution in [0.4, 0.5) is 5.82 Å². The number of nitrogen functional groups attached to an aromatic ring is 1. The van der Waals surface area contributed by atoms with E-state index in [9.17, 15) is 10.2 Å². The molecule has 3 fully saturated rings. The Labute approximate surface area is 156 Å². The Bertz CT molecular complexity index is 832. The van der Waals surface area contributed by atoms with E-state index in [1.165, 1.54) is 12.7 Å². The summed E-state index contributed by atoms with van der Waals surface area (Å²) in [5, 5.41) is 24.7. The minimum Gasteiger partial charge on any atom is -0.387 e. The van der Waals surface area contributed by atoms with Gasteiger partial charge in [-0.1, -0.05) is 0 Å². The van der Waals surface area contributed by atoms with Crippen LogP contribution in [-0.4, -0.2) is 84.7 Å². The van der Waals surface area contributed by atoms with Crippen molar-refractivity contribution in [2.24, 2.45) is 0 Å². The Balaban J connectivity index is 1.38. The number of hydrogen-bond acceptors (Lipinski definition) is 9. The molecule has 1 spiro atoms. The van der Waals surface area contributed by atoms with E-state index < -0.39 is 24.5 Å². The maximum atomic E-state index is 10.6. The highest BCUT2D eigenvalue weighted by atomic mass is 16.6. The van der Waals surface area contributed by atoms with Crippen molar-refractivity contribution in [3.63, 3.8) is 0 Å². The Morgan fingerprint density at radius 1 is 1.26 bits per heavy atom. The van der Waals surface area contributed by atoms with Crippen LogP contribution in [0.2, 0.25) is 0 Å². The first-order valence-corrected chi connectivity index (χ1v) is 9.49.